The summed E-state index contributed by atoms with van der Waals surface area (Å²) in [5, 5.41) is 0. The molecule has 0 spiro atoms. The van der Waals surface area contributed by atoms with Gasteiger partial charge in [-0.3, -0.25) is 4.79 Å². The smallest absolute Gasteiger partial charge is 0.246 e. The van der Waals surface area contributed by atoms with Crippen molar-refractivity contribution in [2.75, 3.05) is 12.8 Å². The van der Waals surface area contributed by atoms with Gasteiger partial charge in [0.1, 0.15) is 5.75 Å². The fourth-order valence-electron chi connectivity index (χ4n) is 2.97. The highest BCUT2D eigenvalue weighted by Crippen LogP contribution is 2.25. The number of nitrogens with two attached hydrogens (primary N) is 1. The molecule has 1 aromatic rings. The van der Waals surface area contributed by atoms with Crippen LogP contribution in [0.3, 0.4) is 0 Å². The van der Waals surface area contributed by atoms with Gasteiger partial charge in [-0.1, -0.05) is 25.3 Å². The van der Waals surface area contributed by atoms with Gasteiger partial charge in [-0.15, -0.1) is 0 Å². The van der Waals surface area contributed by atoms with Crippen LogP contribution >= 0.6 is 0 Å². The molecule has 1 amide bonds. The number of benzene rings is 1. The summed E-state index contributed by atoms with van der Waals surface area (Å²) in [6, 6.07) is 5.98. The lowest BCUT2D eigenvalue weighted by Gasteiger charge is -2.30. The van der Waals surface area contributed by atoms with Crippen LogP contribution in [-0.2, 0) is 4.79 Å². The van der Waals surface area contributed by atoms with Gasteiger partial charge in [-0.25, -0.2) is 0 Å². The number of nitrogen functional groups attached to an aromatic ring is 1. The summed E-state index contributed by atoms with van der Waals surface area (Å²) in [6.45, 7) is 3.93. The molecule has 1 aliphatic carbocycles. The van der Waals surface area contributed by atoms with Crippen molar-refractivity contribution in [1.29, 1.82) is 0 Å². The van der Waals surface area contributed by atoms with Crippen molar-refractivity contribution < 1.29 is 9.53 Å². The van der Waals surface area contributed by atoms with Crippen molar-refractivity contribution in [3.63, 3.8) is 0 Å². The first-order valence-corrected chi connectivity index (χ1v) is 8.48. The molecule has 2 rings (SSSR count). The highest BCUT2D eigenvalue weighted by molar-refractivity contribution is 5.92. The van der Waals surface area contributed by atoms with E-state index in [1.165, 1.54) is 19.3 Å². The van der Waals surface area contributed by atoms with E-state index in [9.17, 15) is 4.79 Å². The molecule has 0 aromatic heterocycles. The Morgan fingerprint density at radius 3 is 2.61 bits per heavy atom. The third kappa shape index (κ3) is 5.02. The summed E-state index contributed by atoms with van der Waals surface area (Å²) in [5.41, 5.74) is 7.50. The second-order valence-corrected chi connectivity index (χ2v) is 6.54. The fraction of sp³-hybridized carbons (Fsp3) is 0.526. The van der Waals surface area contributed by atoms with E-state index in [4.69, 9.17) is 10.5 Å². The second kappa shape index (κ2) is 8.04. The van der Waals surface area contributed by atoms with Crippen LogP contribution in [0.4, 0.5) is 5.69 Å². The van der Waals surface area contributed by atoms with E-state index in [1.54, 1.807) is 6.08 Å². The van der Waals surface area contributed by atoms with Crippen LogP contribution in [-0.4, -0.2) is 30.0 Å². The molecule has 1 aliphatic rings. The van der Waals surface area contributed by atoms with Gasteiger partial charge in [0.05, 0.1) is 11.8 Å². The first-order chi connectivity index (χ1) is 11.0. The number of likely N-dealkylation sites (N-methyl/N-ethyl adjacent to an activating group) is 1. The topological polar surface area (TPSA) is 55.6 Å². The van der Waals surface area contributed by atoms with Gasteiger partial charge in [-0.2, -0.15) is 0 Å². The highest BCUT2D eigenvalue weighted by atomic mass is 16.5. The zero-order chi connectivity index (χ0) is 16.8. The maximum atomic E-state index is 12.3. The van der Waals surface area contributed by atoms with E-state index in [1.807, 2.05) is 50.1 Å². The van der Waals surface area contributed by atoms with E-state index in [-0.39, 0.29) is 12.0 Å². The normalized spacial score (nSPS) is 16.0. The minimum absolute atomic E-state index is 0.0537. The van der Waals surface area contributed by atoms with Crippen LogP contribution < -0.4 is 10.5 Å². The molecule has 126 valence electrons. The molecule has 0 bridgehead atoms. The maximum Gasteiger partial charge on any atom is 0.246 e. The molecule has 0 radical (unpaired) electrons. The van der Waals surface area contributed by atoms with Crippen molar-refractivity contribution >= 4 is 17.7 Å². The van der Waals surface area contributed by atoms with E-state index < -0.39 is 0 Å². The number of hydrogen-bond acceptors (Lipinski definition) is 3. The van der Waals surface area contributed by atoms with E-state index in [0.717, 1.165) is 18.4 Å². The van der Waals surface area contributed by atoms with Crippen LogP contribution in [0.2, 0.25) is 0 Å². The number of carbonyl (C=O) groups is 1. The molecule has 23 heavy (non-hydrogen) atoms. The van der Waals surface area contributed by atoms with Gasteiger partial charge < -0.3 is 15.4 Å². The monoisotopic (exact) mass is 316 g/mol. The van der Waals surface area contributed by atoms with Gasteiger partial charge in [0.25, 0.3) is 0 Å². The number of rotatable bonds is 5. The van der Waals surface area contributed by atoms with Gasteiger partial charge in [-0.05, 0) is 50.5 Å². The molecule has 0 atom stereocenters. The lowest BCUT2D eigenvalue weighted by Crippen LogP contribution is -2.37. The summed E-state index contributed by atoms with van der Waals surface area (Å²) >= 11 is 0. The Balaban J connectivity index is 1.98. The zero-order valence-electron chi connectivity index (χ0n) is 14.4. The Bertz CT molecular complexity index is 560. The summed E-state index contributed by atoms with van der Waals surface area (Å²) in [7, 11) is 1.90. The van der Waals surface area contributed by atoms with E-state index in [2.05, 4.69) is 0 Å². The molecule has 0 heterocycles. The number of carbonyl (C=O) groups excluding carboxylic acids is 1. The summed E-state index contributed by atoms with van der Waals surface area (Å²) in [4.78, 5) is 14.2. The Morgan fingerprint density at radius 2 is 2.00 bits per heavy atom. The molecule has 1 saturated carbocycles. The molecule has 1 aromatic carbocycles. The van der Waals surface area contributed by atoms with Crippen LogP contribution in [0.25, 0.3) is 6.08 Å². The van der Waals surface area contributed by atoms with Gasteiger partial charge >= 0.3 is 0 Å². The predicted octanol–water partition coefficient (Wildman–Crippen LogP) is 3.86. The minimum atomic E-state index is 0.0537. The van der Waals surface area contributed by atoms with Gasteiger partial charge in [0, 0.05) is 19.2 Å². The predicted molar refractivity (Wildman–Crippen MR) is 95.3 cm³/mol. The van der Waals surface area contributed by atoms with Crippen LogP contribution in [0.15, 0.2) is 24.3 Å². The Labute approximate surface area is 139 Å². The first-order valence-electron chi connectivity index (χ1n) is 8.48. The Kier molecular flexibility index (Phi) is 6.08. The quantitative estimate of drug-likeness (QED) is 0.663. The standard InChI is InChI=1S/C19H28N2O2/c1-14(2)23-18-11-9-15(13-17(18)20)10-12-19(22)21(3)16-7-5-4-6-8-16/h9-14,16H,4-8,20H2,1-3H3/b12-10-. The van der Waals surface area contributed by atoms with E-state index >= 15 is 0 Å². The first kappa shape index (κ1) is 17.4. The van der Waals surface area contributed by atoms with Gasteiger partial charge in [0.15, 0.2) is 0 Å². The third-order valence-corrected chi connectivity index (χ3v) is 4.28. The van der Waals surface area contributed by atoms with Crippen LogP contribution in [0.1, 0.15) is 51.5 Å². The summed E-state index contributed by atoms with van der Waals surface area (Å²) in [5.74, 6) is 0.737. The highest BCUT2D eigenvalue weighted by Gasteiger charge is 2.20. The summed E-state index contributed by atoms with van der Waals surface area (Å²) in [6.07, 6.45) is 9.50. The van der Waals surface area contributed by atoms with Crippen molar-refractivity contribution in [3.05, 3.63) is 29.8 Å². The fourth-order valence-corrected chi connectivity index (χ4v) is 2.97. The second-order valence-electron chi connectivity index (χ2n) is 6.54. The molecule has 2 N–H and O–H groups in total. The molecule has 4 heteroatoms. The molecule has 0 saturated heterocycles. The molecule has 0 aliphatic heterocycles. The lowest BCUT2D eigenvalue weighted by molar-refractivity contribution is -0.127. The van der Waals surface area contributed by atoms with Crippen molar-refractivity contribution in [3.8, 4) is 5.75 Å². The summed E-state index contributed by atoms with van der Waals surface area (Å²) < 4.78 is 5.62. The number of hydrogen-bond donors (Lipinski definition) is 1. The van der Waals surface area contributed by atoms with Crippen LogP contribution in [0, 0.1) is 0 Å². The molecule has 0 unspecified atom stereocenters. The number of nitrogens with zero attached hydrogens (tertiary/aromatic N) is 1. The van der Waals surface area contributed by atoms with Crippen LogP contribution in [0.5, 0.6) is 5.75 Å². The number of ether oxygens (including phenoxy) is 1. The van der Waals surface area contributed by atoms with Crippen molar-refractivity contribution in [2.24, 2.45) is 0 Å². The SMILES string of the molecule is CC(C)Oc1ccc(/C=C\C(=O)N(C)C2CCCCC2)cc1N. The molecular formula is C19H28N2O2. The Morgan fingerprint density at radius 1 is 1.30 bits per heavy atom. The average molecular weight is 316 g/mol. The van der Waals surface area contributed by atoms with Gasteiger partial charge in [0.2, 0.25) is 5.91 Å². The average Bonchev–Trinajstić information content (AvgIpc) is 2.54. The molecular weight excluding hydrogens is 288 g/mol. The third-order valence-electron chi connectivity index (χ3n) is 4.28. The Hall–Kier alpha value is -1.97. The zero-order valence-corrected chi connectivity index (χ0v) is 14.4. The van der Waals surface area contributed by atoms with E-state index in [0.29, 0.717) is 17.5 Å². The number of anilines is 1. The maximum absolute atomic E-state index is 12.3. The van der Waals surface area contributed by atoms with Crippen molar-refractivity contribution in [2.45, 2.75) is 58.1 Å². The molecule has 4 nitrogen and oxygen atoms in total. The minimum Gasteiger partial charge on any atom is -0.489 e. The number of amides is 1. The largest absolute Gasteiger partial charge is 0.489 e. The molecule has 1 fully saturated rings. The lowest BCUT2D eigenvalue weighted by atomic mass is 9.94. The van der Waals surface area contributed by atoms with Crippen molar-refractivity contribution in [1.82, 2.24) is 4.90 Å².